The van der Waals surface area contributed by atoms with Crippen LogP contribution in [-0.4, -0.2) is 46.8 Å². The van der Waals surface area contributed by atoms with Crippen molar-refractivity contribution in [3.8, 4) is 16.9 Å². The topological polar surface area (TPSA) is 46.2 Å². The standard InChI is InChI=1S/C23H28F2O5/c1-3-8-27-9-10-28-13-16-14-29-23(30-15-16)18-4-6-19(20(24)12-18)17-5-7-22(26-2)21(25)11-17/h4-7,11-12,16,23H,3,8-10,13-15H2,1-2H3. The zero-order valence-electron chi connectivity index (χ0n) is 17.4. The Labute approximate surface area is 175 Å². The van der Waals surface area contributed by atoms with E-state index in [0.717, 1.165) is 13.0 Å². The Kier molecular flexibility index (Phi) is 8.57. The maximum atomic E-state index is 14.7. The molecule has 1 saturated heterocycles. The SMILES string of the molecule is CCCOCCOCC1COC(c2ccc(-c3ccc(OC)c(F)c3)c(F)c2)OC1. The molecule has 1 aliphatic heterocycles. The molecule has 2 aromatic rings. The molecule has 0 bridgehead atoms. The maximum Gasteiger partial charge on any atom is 0.183 e. The number of hydrogen-bond acceptors (Lipinski definition) is 5. The first kappa shape index (κ1) is 22.6. The highest BCUT2D eigenvalue weighted by molar-refractivity contribution is 5.65. The highest BCUT2D eigenvalue weighted by Gasteiger charge is 2.24. The van der Waals surface area contributed by atoms with Crippen LogP contribution in [0.5, 0.6) is 5.75 Å². The van der Waals surface area contributed by atoms with Gasteiger partial charge in [0.25, 0.3) is 0 Å². The second-order valence-electron chi connectivity index (χ2n) is 7.14. The number of hydrogen-bond donors (Lipinski definition) is 0. The van der Waals surface area contributed by atoms with Crippen molar-refractivity contribution in [2.24, 2.45) is 5.92 Å². The number of methoxy groups -OCH3 is 1. The fourth-order valence-corrected chi connectivity index (χ4v) is 3.19. The molecule has 0 aromatic heterocycles. The van der Waals surface area contributed by atoms with Crippen molar-refractivity contribution in [1.82, 2.24) is 0 Å². The van der Waals surface area contributed by atoms with Crippen molar-refractivity contribution in [1.29, 1.82) is 0 Å². The molecule has 7 heteroatoms. The minimum atomic E-state index is -0.634. The molecule has 0 amide bonds. The van der Waals surface area contributed by atoms with Gasteiger partial charge in [-0.1, -0.05) is 25.1 Å². The summed E-state index contributed by atoms with van der Waals surface area (Å²) < 4.78 is 56.0. The van der Waals surface area contributed by atoms with E-state index < -0.39 is 17.9 Å². The molecule has 1 fully saturated rings. The molecule has 3 rings (SSSR count). The van der Waals surface area contributed by atoms with Crippen LogP contribution in [-0.2, 0) is 18.9 Å². The predicted octanol–water partition coefficient (Wildman–Crippen LogP) is 4.75. The summed E-state index contributed by atoms with van der Waals surface area (Å²) in [5.41, 5.74) is 1.31. The summed E-state index contributed by atoms with van der Waals surface area (Å²) in [5.74, 6) is -0.768. The maximum absolute atomic E-state index is 14.7. The van der Waals surface area contributed by atoms with Gasteiger partial charge in [0.05, 0.1) is 40.1 Å². The summed E-state index contributed by atoms with van der Waals surface area (Å²) in [7, 11) is 1.39. The Balaban J connectivity index is 1.52. The second kappa shape index (κ2) is 11.4. The summed E-state index contributed by atoms with van der Waals surface area (Å²) in [6.45, 7) is 5.38. The van der Waals surface area contributed by atoms with E-state index in [2.05, 4.69) is 6.92 Å². The lowest BCUT2D eigenvalue weighted by molar-refractivity contribution is -0.212. The number of benzene rings is 2. The van der Waals surface area contributed by atoms with Crippen LogP contribution in [0.15, 0.2) is 36.4 Å². The van der Waals surface area contributed by atoms with Gasteiger partial charge in [0.1, 0.15) is 5.82 Å². The first-order chi connectivity index (χ1) is 14.6. The van der Waals surface area contributed by atoms with Crippen LogP contribution in [0.2, 0.25) is 0 Å². The van der Waals surface area contributed by atoms with Gasteiger partial charge >= 0.3 is 0 Å². The molecule has 0 unspecified atom stereocenters. The Morgan fingerprint density at radius 1 is 0.933 bits per heavy atom. The van der Waals surface area contributed by atoms with Gasteiger partial charge in [-0.15, -0.1) is 0 Å². The molecule has 1 aliphatic rings. The van der Waals surface area contributed by atoms with E-state index in [1.807, 2.05) is 0 Å². The minimum Gasteiger partial charge on any atom is -0.494 e. The molecule has 0 saturated carbocycles. The third kappa shape index (κ3) is 5.98. The van der Waals surface area contributed by atoms with E-state index in [1.165, 1.54) is 25.3 Å². The van der Waals surface area contributed by atoms with Gasteiger partial charge in [-0.25, -0.2) is 8.78 Å². The first-order valence-electron chi connectivity index (χ1n) is 10.1. The van der Waals surface area contributed by atoms with E-state index in [4.69, 9.17) is 23.7 Å². The zero-order valence-corrected chi connectivity index (χ0v) is 17.4. The van der Waals surface area contributed by atoms with E-state index in [1.54, 1.807) is 18.2 Å². The Morgan fingerprint density at radius 2 is 1.70 bits per heavy atom. The average molecular weight is 422 g/mol. The molecule has 2 aromatic carbocycles. The van der Waals surface area contributed by atoms with Gasteiger partial charge in [0.15, 0.2) is 17.9 Å². The van der Waals surface area contributed by atoms with E-state index in [-0.39, 0.29) is 11.7 Å². The first-order valence-corrected chi connectivity index (χ1v) is 10.1. The lowest BCUT2D eigenvalue weighted by atomic mass is 10.0. The van der Waals surface area contributed by atoms with Crippen LogP contribution in [0.4, 0.5) is 8.78 Å². The summed E-state index contributed by atoms with van der Waals surface area (Å²) in [6, 6.07) is 9.04. The van der Waals surface area contributed by atoms with Crippen molar-refractivity contribution in [2.75, 3.05) is 46.8 Å². The smallest absolute Gasteiger partial charge is 0.183 e. The predicted molar refractivity (Wildman–Crippen MR) is 108 cm³/mol. The molecule has 5 nitrogen and oxygen atoms in total. The van der Waals surface area contributed by atoms with Crippen molar-refractivity contribution < 1.29 is 32.5 Å². The highest BCUT2D eigenvalue weighted by atomic mass is 19.1. The molecule has 164 valence electrons. The fourth-order valence-electron chi connectivity index (χ4n) is 3.19. The molecule has 0 atom stereocenters. The van der Waals surface area contributed by atoms with E-state index >= 15 is 0 Å². The van der Waals surface area contributed by atoms with Gasteiger partial charge < -0.3 is 23.7 Å². The fraction of sp³-hybridized carbons (Fsp3) is 0.478. The van der Waals surface area contributed by atoms with Crippen molar-refractivity contribution in [3.63, 3.8) is 0 Å². The third-order valence-electron chi connectivity index (χ3n) is 4.77. The summed E-state index contributed by atoms with van der Waals surface area (Å²) >= 11 is 0. The van der Waals surface area contributed by atoms with E-state index in [9.17, 15) is 8.78 Å². The lowest BCUT2D eigenvalue weighted by Gasteiger charge is -2.29. The van der Waals surface area contributed by atoms with Crippen LogP contribution in [0.1, 0.15) is 25.2 Å². The van der Waals surface area contributed by atoms with Crippen molar-refractivity contribution in [3.05, 3.63) is 53.6 Å². The highest BCUT2D eigenvalue weighted by Crippen LogP contribution is 2.31. The summed E-state index contributed by atoms with van der Waals surface area (Å²) in [4.78, 5) is 0. The van der Waals surface area contributed by atoms with Gasteiger partial charge in [-0.3, -0.25) is 0 Å². The van der Waals surface area contributed by atoms with Crippen LogP contribution < -0.4 is 4.74 Å². The van der Waals surface area contributed by atoms with Gasteiger partial charge in [0.2, 0.25) is 0 Å². The largest absolute Gasteiger partial charge is 0.494 e. The number of rotatable bonds is 10. The molecule has 1 heterocycles. The Bertz CT molecular complexity index is 806. The van der Waals surface area contributed by atoms with Gasteiger partial charge in [0, 0.05) is 23.7 Å². The second-order valence-corrected chi connectivity index (χ2v) is 7.14. The van der Waals surface area contributed by atoms with Gasteiger partial charge in [-0.05, 0) is 30.2 Å². The van der Waals surface area contributed by atoms with Crippen LogP contribution in [0.3, 0.4) is 0 Å². The normalized spacial score (nSPS) is 19.1. The van der Waals surface area contributed by atoms with Gasteiger partial charge in [-0.2, -0.15) is 0 Å². The van der Waals surface area contributed by atoms with Crippen LogP contribution >= 0.6 is 0 Å². The van der Waals surface area contributed by atoms with E-state index in [0.29, 0.717) is 49.7 Å². The number of halogens is 2. The van der Waals surface area contributed by atoms with Crippen molar-refractivity contribution >= 4 is 0 Å². The monoisotopic (exact) mass is 422 g/mol. The number of ether oxygens (including phenoxy) is 5. The quantitative estimate of drug-likeness (QED) is 0.518. The van der Waals surface area contributed by atoms with Crippen LogP contribution in [0, 0.1) is 17.6 Å². The molecule has 0 spiro atoms. The average Bonchev–Trinajstić information content (AvgIpc) is 2.76. The summed E-state index contributed by atoms with van der Waals surface area (Å²) in [5, 5.41) is 0. The van der Waals surface area contributed by atoms with Crippen molar-refractivity contribution in [2.45, 2.75) is 19.6 Å². The molecule has 30 heavy (non-hydrogen) atoms. The molecule has 0 radical (unpaired) electrons. The third-order valence-corrected chi connectivity index (χ3v) is 4.77. The molecular formula is C23H28F2O5. The summed E-state index contributed by atoms with van der Waals surface area (Å²) in [6.07, 6.45) is 0.356. The molecular weight excluding hydrogens is 394 g/mol. The molecule has 0 aliphatic carbocycles. The zero-order chi connectivity index (χ0) is 21.3. The lowest BCUT2D eigenvalue weighted by Crippen LogP contribution is -2.30. The minimum absolute atomic E-state index is 0.117. The Hall–Kier alpha value is -2.06. The molecule has 0 N–H and O–H groups in total. The van der Waals surface area contributed by atoms with Crippen LogP contribution in [0.25, 0.3) is 11.1 Å². The Morgan fingerprint density at radius 3 is 2.37 bits per heavy atom.